The molecule has 0 aliphatic rings. The van der Waals surface area contributed by atoms with E-state index in [1.165, 1.54) is 25.3 Å². The SMILES string of the molecule is COc1cc(N)ccc1S(=O)(=O)NCC(C)(O)CN(C)C. The molecular weight excluding hydrogens is 294 g/mol. The molecule has 0 amide bonds. The molecule has 0 saturated heterocycles. The topological polar surface area (TPSA) is 105 Å². The molecule has 0 saturated carbocycles. The Kier molecular flexibility index (Phi) is 5.57. The van der Waals surface area contributed by atoms with Gasteiger partial charge in [-0.05, 0) is 33.2 Å². The highest BCUT2D eigenvalue weighted by Crippen LogP contribution is 2.25. The number of nitrogen functional groups attached to an aromatic ring is 1. The predicted octanol–water partition coefficient (Wildman–Crippen LogP) is -0.132. The first-order chi connectivity index (χ1) is 9.57. The van der Waals surface area contributed by atoms with Crippen molar-refractivity contribution in [2.75, 3.05) is 40.0 Å². The van der Waals surface area contributed by atoms with Gasteiger partial charge in [0, 0.05) is 24.8 Å². The second-order valence-electron chi connectivity index (χ2n) is 5.47. The Bertz CT molecular complexity index is 585. The molecule has 0 spiro atoms. The van der Waals surface area contributed by atoms with Crippen molar-refractivity contribution in [3.05, 3.63) is 18.2 Å². The van der Waals surface area contributed by atoms with Gasteiger partial charge in [0.15, 0.2) is 0 Å². The highest BCUT2D eigenvalue weighted by atomic mass is 32.2. The zero-order chi connectivity index (χ0) is 16.3. The minimum absolute atomic E-state index is 0.0140. The van der Waals surface area contributed by atoms with Crippen molar-refractivity contribution in [3.8, 4) is 5.75 Å². The average molecular weight is 317 g/mol. The number of aliphatic hydroxyl groups is 1. The van der Waals surface area contributed by atoms with E-state index in [1.807, 2.05) is 0 Å². The molecule has 1 atom stereocenters. The molecule has 120 valence electrons. The molecule has 21 heavy (non-hydrogen) atoms. The van der Waals surface area contributed by atoms with Crippen molar-refractivity contribution in [1.29, 1.82) is 0 Å². The number of nitrogens with two attached hydrogens (primary N) is 1. The fraction of sp³-hybridized carbons (Fsp3) is 0.538. The van der Waals surface area contributed by atoms with Gasteiger partial charge in [-0.2, -0.15) is 0 Å². The van der Waals surface area contributed by atoms with Gasteiger partial charge in [-0.15, -0.1) is 0 Å². The lowest BCUT2D eigenvalue weighted by Gasteiger charge is -2.27. The second-order valence-corrected chi connectivity index (χ2v) is 7.20. The van der Waals surface area contributed by atoms with Crippen LogP contribution in [0.15, 0.2) is 23.1 Å². The number of rotatable bonds is 7. The Morgan fingerprint density at radius 3 is 2.57 bits per heavy atom. The number of hydrogen-bond donors (Lipinski definition) is 3. The summed E-state index contributed by atoms with van der Waals surface area (Å²) in [5.41, 5.74) is 4.83. The van der Waals surface area contributed by atoms with Gasteiger partial charge >= 0.3 is 0 Å². The molecule has 0 bridgehead atoms. The number of methoxy groups -OCH3 is 1. The van der Waals surface area contributed by atoms with Crippen molar-refractivity contribution >= 4 is 15.7 Å². The summed E-state index contributed by atoms with van der Waals surface area (Å²) in [5.74, 6) is 0.162. The summed E-state index contributed by atoms with van der Waals surface area (Å²) in [6, 6.07) is 4.29. The third-order valence-corrected chi connectivity index (χ3v) is 4.22. The van der Waals surface area contributed by atoms with Crippen molar-refractivity contribution in [2.45, 2.75) is 17.4 Å². The quantitative estimate of drug-likeness (QED) is 0.605. The molecule has 0 fully saturated rings. The summed E-state index contributed by atoms with van der Waals surface area (Å²) < 4.78 is 32.0. The van der Waals surface area contributed by atoms with Crippen LogP contribution in [-0.4, -0.2) is 58.3 Å². The molecule has 0 aromatic heterocycles. The highest BCUT2D eigenvalue weighted by molar-refractivity contribution is 7.89. The zero-order valence-electron chi connectivity index (χ0n) is 12.8. The van der Waals surface area contributed by atoms with Crippen LogP contribution in [0, 0.1) is 0 Å². The number of likely N-dealkylation sites (N-methyl/N-ethyl adjacent to an activating group) is 1. The Hall–Kier alpha value is -1.35. The van der Waals surface area contributed by atoms with Gasteiger partial charge in [0.25, 0.3) is 0 Å². The van der Waals surface area contributed by atoms with Gasteiger partial charge in [0.1, 0.15) is 10.6 Å². The van der Waals surface area contributed by atoms with E-state index in [4.69, 9.17) is 10.5 Å². The molecule has 1 aromatic rings. The number of benzene rings is 1. The van der Waals surface area contributed by atoms with Gasteiger partial charge in [-0.3, -0.25) is 0 Å². The lowest BCUT2D eigenvalue weighted by molar-refractivity contribution is 0.0386. The number of anilines is 1. The smallest absolute Gasteiger partial charge is 0.244 e. The molecule has 8 heteroatoms. The third kappa shape index (κ3) is 5.16. The molecule has 0 radical (unpaired) electrons. The normalized spacial score (nSPS) is 15.0. The maximum atomic E-state index is 12.3. The van der Waals surface area contributed by atoms with E-state index in [0.29, 0.717) is 12.2 Å². The summed E-state index contributed by atoms with van der Waals surface area (Å²) in [6.45, 7) is 1.78. The van der Waals surface area contributed by atoms with Gasteiger partial charge in [-0.25, -0.2) is 13.1 Å². The molecule has 1 unspecified atom stereocenters. The summed E-state index contributed by atoms with van der Waals surface area (Å²) in [5, 5.41) is 10.1. The van der Waals surface area contributed by atoms with Gasteiger partial charge in [-0.1, -0.05) is 0 Å². The summed E-state index contributed by atoms with van der Waals surface area (Å²) in [4.78, 5) is 1.76. The van der Waals surface area contributed by atoms with E-state index in [1.54, 1.807) is 25.9 Å². The van der Waals surface area contributed by atoms with E-state index < -0.39 is 15.6 Å². The molecule has 7 nitrogen and oxygen atoms in total. The third-order valence-electron chi connectivity index (χ3n) is 2.78. The monoisotopic (exact) mass is 317 g/mol. The number of nitrogens with zero attached hydrogens (tertiary/aromatic N) is 1. The Morgan fingerprint density at radius 2 is 2.05 bits per heavy atom. The summed E-state index contributed by atoms with van der Waals surface area (Å²) in [7, 11) is 1.17. The van der Waals surface area contributed by atoms with Crippen LogP contribution in [0.1, 0.15) is 6.92 Å². The molecule has 0 aliphatic carbocycles. The van der Waals surface area contributed by atoms with Gasteiger partial charge < -0.3 is 20.5 Å². The molecular formula is C13H23N3O4S. The Labute approximate surface area is 125 Å². The maximum absolute atomic E-state index is 12.3. The maximum Gasteiger partial charge on any atom is 0.244 e. The Balaban J connectivity index is 2.93. The van der Waals surface area contributed by atoms with Crippen LogP contribution in [0.5, 0.6) is 5.75 Å². The second kappa shape index (κ2) is 6.61. The lowest BCUT2D eigenvalue weighted by atomic mass is 10.1. The van der Waals surface area contributed by atoms with Crippen LogP contribution in [0.2, 0.25) is 0 Å². The predicted molar refractivity (Wildman–Crippen MR) is 81.8 cm³/mol. The van der Waals surface area contributed by atoms with Crippen molar-refractivity contribution < 1.29 is 18.3 Å². The van der Waals surface area contributed by atoms with E-state index in [9.17, 15) is 13.5 Å². The molecule has 4 N–H and O–H groups in total. The lowest BCUT2D eigenvalue weighted by Crippen LogP contribution is -2.47. The van der Waals surface area contributed by atoms with Crippen molar-refractivity contribution in [2.24, 2.45) is 0 Å². The number of nitrogens with one attached hydrogen (secondary N) is 1. The van der Waals surface area contributed by atoms with Crippen LogP contribution in [0.25, 0.3) is 0 Å². The summed E-state index contributed by atoms with van der Waals surface area (Å²) in [6.07, 6.45) is 0. The standard InChI is InChI=1S/C13H23N3O4S/c1-13(17,9-16(2)3)8-15-21(18,19)12-6-5-10(14)7-11(12)20-4/h5-7,15,17H,8-9,14H2,1-4H3. The van der Waals surface area contributed by atoms with Crippen LogP contribution in [0.3, 0.4) is 0 Å². The van der Waals surface area contributed by atoms with Gasteiger partial charge in [0.05, 0.1) is 12.7 Å². The average Bonchev–Trinajstić information content (AvgIpc) is 2.34. The van der Waals surface area contributed by atoms with E-state index in [2.05, 4.69) is 4.72 Å². The minimum atomic E-state index is -3.80. The number of ether oxygens (including phenoxy) is 1. The molecule has 1 aromatic carbocycles. The first kappa shape index (κ1) is 17.7. The van der Waals surface area contributed by atoms with Crippen LogP contribution < -0.4 is 15.2 Å². The van der Waals surface area contributed by atoms with Gasteiger partial charge in [0.2, 0.25) is 10.0 Å². The van der Waals surface area contributed by atoms with E-state index in [-0.39, 0.29) is 17.2 Å². The molecule has 0 heterocycles. The number of hydrogen-bond acceptors (Lipinski definition) is 6. The van der Waals surface area contributed by atoms with E-state index >= 15 is 0 Å². The molecule has 1 rings (SSSR count). The van der Waals surface area contributed by atoms with E-state index in [0.717, 1.165) is 0 Å². The molecule has 0 aliphatic heterocycles. The number of sulfonamides is 1. The minimum Gasteiger partial charge on any atom is -0.495 e. The van der Waals surface area contributed by atoms with Crippen molar-refractivity contribution in [1.82, 2.24) is 9.62 Å². The van der Waals surface area contributed by atoms with Crippen LogP contribution >= 0.6 is 0 Å². The van der Waals surface area contributed by atoms with Crippen molar-refractivity contribution in [3.63, 3.8) is 0 Å². The largest absolute Gasteiger partial charge is 0.495 e. The zero-order valence-corrected chi connectivity index (χ0v) is 13.6. The summed E-state index contributed by atoms with van der Waals surface area (Å²) >= 11 is 0. The fourth-order valence-electron chi connectivity index (χ4n) is 1.97. The Morgan fingerprint density at radius 1 is 1.43 bits per heavy atom. The fourth-order valence-corrected chi connectivity index (χ4v) is 3.28. The van der Waals surface area contributed by atoms with Crippen LogP contribution in [0.4, 0.5) is 5.69 Å². The van der Waals surface area contributed by atoms with Crippen LogP contribution in [-0.2, 0) is 10.0 Å². The first-order valence-corrected chi connectivity index (χ1v) is 7.86. The first-order valence-electron chi connectivity index (χ1n) is 6.38. The highest BCUT2D eigenvalue weighted by Gasteiger charge is 2.26.